The van der Waals surface area contributed by atoms with Crippen molar-refractivity contribution in [2.24, 2.45) is 0 Å². The third-order valence-corrected chi connectivity index (χ3v) is 2.43. The quantitative estimate of drug-likeness (QED) is 0.851. The minimum Gasteiger partial charge on any atom is -0.355 e. The zero-order valence-electron chi connectivity index (χ0n) is 9.77. The highest BCUT2D eigenvalue weighted by Crippen LogP contribution is 2.16. The maximum Gasteiger partial charge on any atom is 0.251 e. The van der Waals surface area contributed by atoms with Crippen LogP contribution in [0.3, 0.4) is 0 Å². The van der Waals surface area contributed by atoms with Crippen LogP contribution in [-0.2, 0) is 0 Å². The largest absolute Gasteiger partial charge is 0.355 e. The molecule has 1 amide bonds. The van der Waals surface area contributed by atoms with Gasteiger partial charge in [0.25, 0.3) is 5.91 Å². The van der Waals surface area contributed by atoms with Crippen molar-refractivity contribution >= 4 is 5.91 Å². The molecule has 2 aromatic rings. The summed E-state index contributed by atoms with van der Waals surface area (Å²) in [6.07, 6.45) is 3.35. The van der Waals surface area contributed by atoms with Crippen LogP contribution in [0.15, 0.2) is 36.7 Å². The summed E-state index contributed by atoms with van der Waals surface area (Å²) in [7, 11) is 1.60. The number of carbonyl (C=O) groups excluding carboxylic acids is 1. The summed E-state index contributed by atoms with van der Waals surface area (Å²) in [5.74, 6) is -0.124. The van der Waals surface area contributed by atoms with Crippen LogP contribution in [-0.4, -0.2) is 22.9 Å². The standard InChI is InChI=1S/C13H13N3O/c1-9-3-5-15-11(7-9)12-8-10(4-6-16-12)13(17)14-2/h3-8H,1-2H3,(H,14,17). The summed E-state index contributed by atoms with van der Waals surface area (Å²) in [4.78, 5) is 20.0. The summed E-state index contributed by atoms with van der Waals surface area (Å²) in [6.45, 7) is 1.99. The number of amides is 1. The molecule has 2 aromatic heterocycles. The average molecular weight is 227 g/mol. The zero-order chi connectivity index (χ0) is 12.3. The van der Waals surface area contributed by atoms with Crippen molar-refractivity contribution in [1.82, 2.24) is 15.3 Å². The Morgan fingerprint density at radius 1 is 1.12 bits per heavy atom. The molecule has 17 heavy (non-hydrogen) atoms. The lowest BCUT2D eigenvalue weighted by Crippen LogP contribution is -2.17. The van der Waals surface area contributed by atoms with Crippen LogP contribution < -0.4 is 5.32 Å². The smallest absolute Gasteiger partial charge is 0.251 e. The van der Waals surface area contributed by atoms with E-state index in [1.54, 1.807) is 31.6 Å². The number of pyridine rings is 2. The average Bonchev–Trinajstić information content (AvgIpc) is 2.38. The van der Waals surface area contributed by atoms with Gasteiger partial charge in [-0.2, -0.15) is 0 Å². The molecule has 0 saturated heterocycles. The van der Waals surface area contributed by atoms with Gasteiger partial charge in [0.15, 0.2) is 0 Å². The number of nitrogens with one attached hydrogen (secondary N) is 1. The van der Waals surface area contributed by atoms with E-state index in [0.717, 1.165) is 11.3 Å². The SMILES string of the molecule is CNC(=O)c1ccnc(-c2cc(C)ccn2)c1. The Bertz CT molecular complexity index is 552. The molecule has 2 heterocycles. The highest BCUT2D eigenvalue weighted by Gasteiger charge is 2.06. The molecule has 0 saturated carbocycles. The zero-order valence-corrected chi connectivity index (χ0v) is 9.77. The summed E-state index contributed by atoms with van der Waals surface area (Å²) >= 11 is 0. The predicted molar refractivity (Wildman–Crippen MR) is 65.6 cm³/mol. The van der Waals surface area contributed by atoms with Gasteiger partial charge in [-0.3, -0.25) is 14.8 Å². The molecule has 0 radical (unpaired) electrons. The molecule has 0 aromatic carbocycles. The first-order chi connectivity index (χ1) is 8.20. The molecule has 0 spiro atoms. The van der Waals surface area contributed by atoms with Gasteiger partial charge in [0, 0.05) is 25.0 Å². The van der Waals surface area contributed by atoms with E-state index in [1.807, 2.05) is 19.1 Å². The van der Waals surface area contributed by atoms with Gasteiger partial charge in [-0.1, -0.05) is 0 Å². The molecule has 0 fully saturated rings. The first-order valence-corrected chi connectivity index (χ1v) is 5.32. The van der Waals surface area contributed by atoms with Gasteiger partial charge in [0.05, 0.1) is 11.4 Å². The first-order valence-electron chi connectivity index (χ1n) is 5.32. The molecule has 0 aliphatic rings. The maximum atomic E-state index is 11.5. The Labute approximate surface area is 99.7 Å². The molecule has 1 N–H and O–H groups in total. The lowest BCUT2D eigenvalue weighted by molar-refractivity contribution is 0.0963. The highest BCUT2D eigenvalue weighted by atomic mass is 16.1. The van der Waals surface area contributed by atoms with Gasteiger partial charge < -0.3 is 5.32 Å². The van der Waals surface area contributed by atoms with Crippen LogP contribution in [0.4, 0.5) is 0 Å². The molecule has 4 heteroatoms. The van der Waals surface area contributed by atoms with E-state index in [4.69, 9.17) is 0 Å². The lowest BCUT2D eigenvalue weighted by Gasteiger charge is -2.03. The van der Waals surface area contributed by atoms with E-state index in [-0.39, 0.29) is 5.91 Å². The van der Waals surface area contributed by atoms with Gasteiger partial charge in [-0.05, 0) is 36.8 Å². The number of hydrogen-bond acceptors (Lipinski definition) is 3. The first kappa shape index (κ1) is 11.3. The summed E-state index contributed by atoms with van der Waals surface area (Å²) < 4.78 is 0. The molecule has 0 aliphatic carbocycles. The second kappa shape index (κ2) is 4.74. The molecular formula is C13H13N3O. The lowest BCUT2D eigenvalue weighted by atomic mass is 10.1. The second-order valence-electron chi connectivity index (χ2n) is 3.73. The van der Waals surface area contributed by atoms with Crippen LogP contribution in [0.2, 0.25) is 0 Å². The van der Waals surface area contributed by atoms with E-state index in [9.17, 15) is 4.79 Å². The van der Waals surface area contributed by atoms with Crippen molar-refractivity contribution in [2.45, 2.75) is 6.92 Å². The third-order valence-electron chi connectivity index (χ3n) is 2.43. The Kier molecular flexibility index (Phi) is 3.14. The molecule has 0 unspecified atom stereocenters. The normalized spacial score (nSPS) is 10.0. The molecule has 0 bridgehead atoms. The minimum atomic E-state index is -0.124. The van der Waals surface area contributed by atoms with Crippen molar-refractivity contribution in [3.05, 3.63) is 47.8 Å². The number of hydrogen-bond donors (Lipinski definition) is 1. The van der Waals surface area contributed by atoms with Crippen LogP contribution in [0.5, 0.6) is 0 Å². The Hall–Kier alpha value is -2.23. The van der Waals surface area contributed by atoms with E-state index in [2.05, 4.69) is 15.3 Å². The Morgan fingerprint density at radius 3 is 2.41 bits per heavy atom. The van der Waals surface area contributed by atoms with Crippen molar-refractivity contribution in [2.75, 3.05) is 7.05 Å². The van der Waals surface area contributed by atoms with Crippen LogP contribution in [0, 0.1) is 6.92 Å². The Morgan fingerprint density at radius 2 is 1.76 bits per heavy atom. The fourth-order valence-electron chi connectivity index (χ4n) is 1.53. The van der Waals surface area contributed by atoms with Gasteiger partial charge in [0.2, 0.25) is 0 Å². The number of nitrogens with zero attached hydrogens (tertiary/aromatic N) is 2. The van der Waals surface area contributed by atoms with Crippen molar-refractivity contribution in [3.8, 4) is 11.4 Å². The second-order valence-corrected chi connectivity index (χ2v) is 3.73. The third kappa shape index (κ3) is 2.47. The van der Waals surface area contributed by atoms with Crippen molar-refractivity contribution in [3.63, 3.8) is 0 Å². The van der Waals surface area contributed by atoms with E-state index < -0.39 is 0 Å². The van der Waals surface area contributed by atoms with Gasteiger partial charge in [0.1, 0.15) is 0 Å². The maximum absolute atomic E-state index is 11.5. The van der Waals surface area contributed by atoms with Crippen molar-refractivity contribution in [1.29, 1.82) is 0 Å². The summed E-state index contributed by atoms with van der Waals surface area (Å²) in [5.41, 5.74) is 3.17. The molecule has 4 nitrogen and oxygen atoms in total. The van der Waals surface area contributed by atoms with E-state index in [1.165, 1.54) is 0 Å². The van der Waals surface area contributed by atoms with Crippen LogP contribution >= 0.6 is 0 Å². The minimum absolute atomic E-state index is 0.124. The monoisotopic (exact) mass is 227 g/mol. The van der Waals surface area contributed by atoms with Crippen LogP contribution in [0.1, 0.15) is 15.9 Å². The van der Waals surface area contributed by atoms with Crippen LogP contribution in [0.25, 0.3) is 11.4 Å². The van der Waals surface area contributed by atoms with Gasteiger partial charge in [-0.15, -0.1) is 0 Å². The summed E-state index contributed by atoms with van der Waals surface area (Å²) in [5, 5.41) is 2.58. The number of aryl methyl sites for hydroxylation is 1. The Balaban J connectivity index is 2.43. The van der Waals surface area contributed by atoms with Gasteiger partial charge >= 0.3 is 0 Å². The number of aromatic nitrogens is 2. The fourth-order valence-corrected chi connectivity index (χ4v) is 1.53. The fraction of sp³-hybridized carbons (Fsp3) is 0.154. The number of rotatable bonds is 2. The summed E-state index contributed by atoms with van der Waals surface area (Å²) in [6, 6.07) is 7.28. The molecule has 0 atom stereocenters. The van der Waals surface area contributed by atoms with E-state index >= 15 is 0 Å². The highest BCUT2D eigenvalue weighted by molar-refractivity contribution is 5.94. The van der Waals surface area contributed by atoms with Gasteiger partial charge in [-0.25, -0.2) is 0 Å². The molecular weight excluding hydrogens is 214 g/mol. The topological polar surface area (TPSA) is 54.9 Å². The molecule has 86 valence electrons. The van der Waals surface area contributed by atoms with Crippen molar-refractivity contribution < 1.29 is 4.79 Å². The van der Waals surface area contributed by atoms with E-state index in [0.29, 0.717) is 11.3 Å². The predicted octanol–water partition coefficient (Wildman–Crippen LogP) is 1.81. The molecule has 2 rings (SSSR count). The number of carbonyl (C=O) groups is 1. The molecule has 0 aliphatic heterocycles.